The number of hydrogen-bond acceptors (Lipinski definition) is 17. The van der Waals surface area contributed by atoms with Gasteiger partial charge >= 0.3 is 0 Å². The number of ether oxygens (including phenoxy) is 2. The van der Waals surface area contributed by atoms with E-state index in [1.807, 2.05) is 50.2 Å². The molecule has 82 heavy (non-hydrogen) atoms. The Labute approximate surface area is 486 Å². The van der Waals surface area contributed by atoms with Crippen LogP contribution in [0.5, 0.6) is 0 Å². The standard InChI is InChI=1S/C37H62N6O7S.C21H36N6O4/c1-4-39-32(37(38)46)19-12-14-23-40-36(45)29-50-28-27-49-26-25-41-35(44)22-11-9-7-5-6-8-10-13-24-42-51(47,48)34-21-16-17-30-31(34)18-15-20-33(30)43(2)3;1-13(28)19(2,3)25-10-16(29)20(4,5)26-11-17(30)21(6,7)27-18(31)15(22)8-14-9-23-12-24-14/h15-18,20-21,32,39,42H,4-14,19,22-29H2,1-3H3,(H2,38,46)(H,40,45)(H,41,44);9,12,15,25-26H,8,10-11,22H2,1-7H3,(H,23,24)(H,27,31)/t32-;15-/m00/s1. The summed E-state index contributed by atoms with van der Waals surface area (Å²) in [6.45, 7) is 16.1. The van der Waals surface area contributed by atoms with Crippen molar-refractivity contribution >= 4 is 67.5 Å². The second kappa shape index (κ2) is 37.5. The molecule has 0 saturated heterocycles. The summed E-state index contributed by atoms with van der Waals surface area (Å²) in [5.74, 6) is -1.57. The Kier molecular flexibility index (Phi) is 33.1. The summed E-state index contributed by atoms with van der Waals surface area (Å²) in [5, 5.41) is 18.9. The number of imidazole rings is 1. The Morgan fingerprint density at radius 2 is 1.29 bits per heavy atom. The maximum absolute atomic E-state index is 13.0. The Balaban J connectivity index is 0.000000632. The zero-order valence-electron chi connectivity index (χ0n) is 50.5. The zero-order valence-corrected chi connectivity index (χ0v) is 51.3. The molecule has 0 aliphatic rings. The van der Waals surface area contributed by atoms with E-state index in [4.69, 9.17) is 20.9 Å². The van der Waals surface area contributed by atoms with Crippen molar-refractivity contribution in [2.45, 2.75) is 172 Å². The van der Waals surface area contributed by atoms with Crippen molar-refractivity contribution in [3.63, 3.8) is 0 Å². The number of benzene rings is 2. The minimum absolute atomic E-state index is 0.0161. The topological polar surface area (TPSA) is 340 Å². The lowest BCUT2D eigenvalue weighted by molar-refractivity contribution is -0.132. The Hall–Kier alpha value is -5.73. The molecule has 2 atom stereocenters. The molecular formula is C58H98N12O11S. The molecule has 0 unspecified atom stereocenters. The van der Waals surface area contributed by atoms with Crippen LogP contribution in [0.25, 0.3) is 10.8 Å². The van der Waals surface area contributed by atoms with Crippen molar-refractivity contribution in [3.8, 4) is 0 Å². The summed E-state index contributed by atoms with van der Waals surface area (Å²) >= 11 is 0. The first-order valence-electron chi connectivity index (χ1n) is 28.7. The first kappa shape index (κ1) is 72.4. The zero-order chi connectivity index (χ0) is 61.4. The minimum atomic E-state index is -3.60. The minimum Gasteiger partial charge on any atom is -0.377 e. The number of aromatic nitrogens is 2. The Morgan fingerprint density at radius 1 is 0.707 bits per heavy atom. The number of fused-ring (bicyclic) bond motifs is 1. The van der Waals surface area contributed by atoms with Crippen molar-refractivity contribution in [2.24, 2.45) is 11.5 Å². The molecule has 0 aliphatic carbocycles. The van der Waals surface area contributed by atoms with Crippen LogP contribution in [0.1, 0.15) is 138 Å². The van der Waals surface area contributed by atoms with Crippen LogP contribution in [0.2, 0.25) is 0 Å². The third-order valence-electron chi connectivity index (χ3n) is 13.9. The molecule has 24 heteroatoms. The predicted molar refractivity (Wildman–Crippen MR) is 321 cm³/mol. The number of anilines is 1. The second-order valence-corrected chi connectivity index (χ2v) is 24.0. The second-order valence-electron chi connectivity index (χ2n) is 22.2. The number of carbonyl (C=O) groups is 7. The maximum atomic E-state index is 13.0. The summed E-state index contributed by atoms with van der Waals surface area (Å²) in [7, 11) is 0.294. The van der Waals surface area contributed by atoms with Crippen molar-refractivity contribution in [3.05, 3.63) is 54.6 Å². The van der Waals surface area contributed by atoms with Gasteiger partial charge in [-0.15, -0.1) is 0 Å². The summed E-state index contributed by atoms with van der Waals surface area (Å²) in [6, 6.07) is 9.96. The van der Waals surface area contributed by atoms with Crippen LogP contribution in [-0.4, -0.2) is 168 Å². The fraction of sp³-hybridized carbons (Fsp3) is 0.655. The smallest absolute Gasteiger partial charge is 0.245 e. The van der Waals surface area contributed by atoms with Gasteiger partial charge in [-0.25, -0.2) is 18.1 Å². The van der Waals surface area contributed by atoms with E-state index in [9.17, 15) is 42.0 Å². The highest BCUT2D eigenvalue weighted by Gasteiger charge is 2.35. The fourth-order valence-electron chi connectivity index (χ4n) is 8.19. The number of likely N-dealkylation sites (N-methyl/N-ethyl adjacent to an activating group) is 1. The lowest BCUT2D eigenvalue weighted by atomic mass is 9.94. The van der Waals surface area contributed by atoms with Gasteiger partial charge in [0.2, 0.25) is 33.7 Å². The molecule has 1 aromatic heterocycles. The molecule has 23 nitrogen and oxygen atoms in total. The first-order chi connectivity index (χ1) is 38.6. The molecule has 0 aliphatic heterocycles. The maximum Gasteiger partial charge on any atom is 0.245 e. The van der Waals surface area contributed by atoms with Crippen molar-refractivity contribution in [1.82, 2.24) is 46.6 Å². The largest absolute Gasteiger partial charge is 0.377 e. The molecule has 1 heterocycles. The van der Waals surface area contributed by atoms with E-state index in [2.05, 4.69) is 46.6 Å². The third kappa shape index (κ3) is 28.0. The SMILES string of the molecule is CC(=O)C(C)(C)NCC(=O)C(C)(C)NCC(=O)C(C)(C)NC(=O)[C@@H](N)Cc1cnc[nH]1.CCN[C@@H](CCCCNC(=O)COCCOCCNC(=O)CCCCCCCCCCNS(=O)(=O)c1cccc2c(N(C)C)cccc12)C(N)=O. The highest BCUT2D eigenvalue weighted by molar-refractivity contribution is 7.89. The summed E-state index contributed by atoms with van der Waals surface area (Å²) in [4.78, 5) is 93.6. The van der Waals surface area contributed by atoms with Gasteiger partial charge in [0.25, 0.3) is 0 Å². The quantitative estimate of drug-likeness (QED) is 0.0364. The summed E-state index contributed by atoms with van der Waals surface area (Å²) in [5.41, 5.74) is 9.98. The van der Waals surface area contributed by atoms with Crippen molar-refractivity contribution < 1.29 is 51.5 Å². The molecular weight excluding hydrogens is 1070 g/mol. The van der Waals surface area contributed by atoms with Crippen LogP contribution in [0.4, 0.5) is 5.69 Å². The number of amides is 4. The fourth-order valence-corrected chi connectivity index (χ4v) is 9.48. The first-order valence-corrected chi connectivity index (χ1v) is 30.2. The van der Waals surface area contributed by atoms with E-state index in [1.165, 1.54) is 13.3 Å². The number of unbranched alkanes of at least 4 members (excludes halogenated alkanes) is 8. The number of rotatable bonds is 43. The average Bonchev–Trinajstić information content (AvgIpc) is 3.94. The van der Waals surface area contributed by atoms with Crippen molar-refractivity contribution in [1.29, 1.82) is 0 Å². The van der Waals surface area contributed by atoms with Crippen LogP contribution >= 0.6 is 0 Å². The summed E-state index contributed by atoms with van der Waals surface area (Å²) in [6.07, 6.45) is 13.9. The number of primary amides is 1. The van der Waals surface area contributed by atoms with E-state index >= 15 is 0 Å². The van der Waals surface area contributed by atoms with Gasteiger partial charge in [0.05, 0.1) is 72.8 Å². The molecule has 462 valence electrons. The average molecular weight is 1170 g/mol. The molecule has 0 radical (unpaired) electrons. The van der Waals surface area contributed by atoms with Gasteiger partial charge in [-0.3, -0.25) is 44.2 Å². The van der Waals surface area contributed by atoms with Gasteiger partial charge in [-0.2, -0.15) is 0 Å². The van der Waals surface area contributed by atoms with E-state index in [0.29, 0.717) is 57.1 Å². The van der Waals surface area contributed by atoms with E-state index in [-0.39, 0.29) is 73.8 Å². The number of nitrogens with zero attached hydrogens (tertiary/aromatic N) is 2. The number of Topliss-reactive ketones (excluding diaryl/α,β-unsaturated/α-hetero) is 3. The third-order valence-corrected chi connectivity index (χ3v) is 15.4. The van der Waals surface area contributed by atoms with Crippen LogP contribution in [0.15, 0.2) is 53.8 Å². The highest BCUT2D eigenvalue weighted by atomic mass is 32.2. The Morgan fingerprint density at radius 3 is 1.91 bits per heavy atom. The lowest BCUT2D eigenvalue weighted by Crippen LogP contribution is -2.60. The van der Waals surface area contributed by atoms with E-state index < -0.39 is 38.6 Å². The monoisotopic (exact) mass is 1170 g/mol. The van der Waals surface area contributed by atoms with E-state index in [1.54, 1.807) is 59.9 Å². The molecule has 0 saturated carbocycles. The van der Waals surface area contributed by atoms with Crippen molar-refractivity contribution in [2.75, 3.05) is 84.7 Å². The Bertz CT molecular complexity index is 2560. The number of hydrogen-bond donors (Lipinski definition) is 10. The highest BCUT2D eigenvalue weighted by Crippen LogP contribution is 2.30. The van der Waals surface area contributed by atoms with Crippen LogP contribution in [-0.2, 0) is 59.5 Å². The number of ketones is 3. The van der Waals surface area contributed by atoms with Gasteiger partial charge in [0, 0.05) is 74.9 Å². The molecule has 3 rings (SSSR count). The number of carbonyl (C=O) groups excluding carboxylic acids is 7. The summed E-state index contributed by atoms with van der Waals surface area (Å²) < 4.78 is 39.6. The van der Waals surface area contributed by atoms with Gasteiger partial charge in [-0.1, -0.05) is 69.7 Å². The van der Waals surface area contributed by atoms with Gasteiger partial charge in [0.1, 0.15) is 12.4 Å². The van der Waals surface area contributed by atoms with Gasteiger partial charge < -0.3 is 52.1 Å². The predicted octanol–water partition coefficient (Wildman–Crippen LogP) is 3.23. The molecule has 0 bridgehead atoms. The molecule has 4 amide bonds. The van der Waals surface area contributed by atoms with Gasteiger partial charge in [-0.05, 0) is 99.2 Å². The van der Waals surface area contributed by atoms with Crippen LogP contribution in [0.3, 0.4) is 0 Å². The van der Waals surface area contributed by atoms with Gasteiger partial charge in [0.15, 0.2) is 11.6 Å². The molecule has 2 aromatic carbocycles. The number of aromatic amines is 1. The number of H-pyrrole nitrogens is 1. The normalized spacial score (nSPS) is 12.7. The lowest BCUT2D eigenvalue weighted by Gasteiger charge is -2.31. The molecule has 3 aromatic rings. The molecule has 12 N–H and O–H groups in total. The van der Waals surface area contributed by atoms with Crippen LogP contribution in [0, 0.1) is 0 Å². The number of nitrogens with one attached hydrogen (secondary N) is 8. The number of sulfonamides is 1. The number of nitrogens with two attached hydrogens (primary N) is 2. The van der Waals surface area contributed by atoms with Crippen LogP contribution < -0.4 is 53.0 Å². The molecule has 0 fully saturated rings. The van der Waals surface area contributed by atoms with E-state index in [0.717, 1.165) is 86.4 Å². The molecule has 0 spiro atoms.